The van der Waals surface area contributed by atoms with Crippen molar-refractivity contribution in [1.29, 1.82) is 0 Å². The van der Waals surface area contributed by atoms with Crippen LogP contribution in [0.15, 0.2) is 28.7 Å². The van der Waals surface area contributed by atoms with E-state index in [4.69, 9.17) is 11.5 Å². The lowest BCUT2D eigenvalue weighted by Crippen LogP contribution is -2.16. The van der Waals surface area contributed by atoms with Crippen molar-refractivity contribution in [2.75, 3.05) is 11.5 Å². The van der Waals surface area contributed by atoms with Crippen LogP contribution in [0.4, 0.5) is 11.8 Å². The van der Waals surface area contributed by atoms with Crippen molar-refractivity contribution in [2.24, 2.45) is 0 Å². The molecule has 0 radical (unpaired) electrons. The maximum Gasteiger partial charge on any atom is 0.224 e. The zero-order valence-corrected chi connectivity index (χ0v) is 14.3. The van der Waals surface area contributed by atoms with E-state index in [0.717, 1.165) is 34.1 Å². The number of pyridine rings is 1. The Balaban J connectivity index is 2.19. The zero-order chi connectivity index (χ0) is 16.8. The van der Waals surface area contributed by atoms with E-state index in [9.17, 15) is 4.79 Å². The van der Waals surface area contributed by atoms with Crippen LogP contribution >= 0.6 is 15.9 Å². The molecule has 0 atom stereocenters. The zero-order valence-electron chi connectivity index (χ0n) is 12.7. The number of anilines is 2. The standard InChI is InChI=1S/C17H14BrN5O/c18-9-4-1-3-8(7-9)12-13-10(5-2-6-11(13)24)21-16-14(12)15(19)22-17(20)23-16/h1,3-4,7H,2,5-6H2,(H4,19,20,21,22,23). The number of hydrogen-bond donors (Lipinski definition) is 2. The van der Waals surface area contributed by atoms with Crippen LogP contribution in [0.5, 0.6) is 0 Å². The molecule has 1 aliphatic rings. The van der Waals surface area contributed by atoms with E-state index >= 15 is 0 Å². The van der Waals surface area contributed by atoms with Crippen molar-refractivity contribution >= 4 is 44.5 Å². The predicted octanol–water partition coefficient (Wildman–Crippen LogP) is 3.14. The van der Waals surface area contributed by atoms with Crippen LogP contribution in [-0.4, -0.2) is 20.7 Å². The van der Waals surface area contributed by atoms with Gasteiger partial charge in [0.15, 0.2) is 11.4 Å². The first-order valence-corrected chi connectivity index (χ1v) is 8.38. The van der Waals surface area contributed by atoms with Gasteiger partial charge in [-0.15, -0.1) is 0 Å². The lowest BCUT2D eigenvalue weighted by atomic mass is 9.86. The summed E-state index contributed by atoms with van der Waals surface area (Å²) in [6.45, 7) is 0. The second-order valence-electron chi connectivity index (χ2n) is 5.76. The van der Waals surface area contributed by atoms with Gasteiger partial charge < -0.3 is 11.5 Å². The molecule has 3 aromatic rings. The van der Waals surface area contributed by atoms with Gasteiger partial charge in [-0.05, 0) is 30.5 Å². The summed E-state index contributed by atoms with van der Waals surface area (Å²) in [4.78, 5) is 25.5. The average Bonchev–Trinajstić information content (AvgIpc) is 2.53. The predicted molar refractivity (Wildman–Crippen MR) is 96.6 cm³/mol. The molecule has 1 aliphatic carbocycles. The number of nitrogens with zero attached hydrogens (tertiary/aromatic N) is 3. The summed E-state index contributed by atoms with van der Waals surface area (Å²) in [5, 5.41) is 0.580. The molecule has 0 unspecified atom stereocenters. The highest BCUT2D eigenvalue weighted by Crippen LogP contribution is 2.38. The molecule has 0 spiro atoms. The highest BCUT2D eigenvalue weighted by molar-refractivity contribution is 9.10. The van der Waals surface area contributed by atoms with Crippen LogP contribution in [-0.2, 0) is 6.42 Å². The van der Waals surface area contributed by atoms with Crippen molar-refractivity contribution in [3.05, 3.63) is 40.0 Å². The molecular weight excluding hydrogens is 370 g/mol. The number of fused-ring (bicyclic) bond motifs is 2. The molecule has 6 nitrogen and oxygen atoms in total. The number of carbonyl (C=O) groups is 1. The minimum Gasteiger partial charge on any atom is -0.383 e. The number of benzene rings is 1. The van der Waals surface area contributed by atoms with Crippen LogP contribution in [0.25, 0.3) is 22.2 Å². The molecule has 7 heteroatoms. The van der Waals surface area contributed by atoms with Gasteiger partial charge in [-0.25, -0.2) is 4.98 Å². The lowest BCUT2D eigenvalue weighted by Gasteiger charge is -2.20. The van der Waals surface area contributed by atoms with E-state index in [1.807, 2.05) is 24.3 Å². The number of nitrogen functional groups attached to an aromatic ring is 2. The van der Waals surface area contributed by atoms with Crippen molar-refractivity contribution < 1.29 is 4.79 Å². The summed E-state index contributed by atoms with van der Waals surface area (Å²) >= 11 is 3.48. The Morgan fingerprint density at radius 2 is 1.88 bits per heavy atom. The van der Waals surface area contributed by atoms with Gasteiger partial charge in [-0.2, -0.15) is 9.97 Å². The lowest BCUT2D eigenvalue weighted by molar-refractivity contribution is 0.0972. The molecule has 24 heavy (non-hydrogen) atoms. The normalized spacial score (nSPS) is 14.0. The number of aromatic nitrogens is 3. The molecule has 2 heterocycles. The van der Waals surface area contributed by atoms with Gasteiger partial charge in [-0.1, -0.05) is 28.1 Å². The quantitative estimate of drug-likeness (QED) is 0.667. The minimum atomic E-state index is 0.0785. The number of halogens is 1. The van der Waals surface area contributed by atoms with Gasteiger partial charge in [0.25, 0.3) is 0 Å². The second-order valence-corrected chi connectivity index (χ2v) is 6.68. The van der Waals surface area contributed by atoms with E-state index in [0.29, 0.717) is 23.0 Å². The number of nitrogens with two attached hydrogens (primary N) is 2. The van der Waals surface area contributed by atoms with Crippen molar-refractivity contribution in [3.63, 3.8) is 0 Å². The third-order valence-corrected chi connectivity index (χ3v) is 4.67. The summed E-state index contributed by atoms with van der Waals surface area (Å²) in [6, 6.07) is 7.74. The fourth-order valence-corrected chi connectivity index (χ4v) is 3.61. The second kappa shape index (κ2) is 5.52. The third-order valence-electron chi connectivity index (χ3n) is 4.17. The number of aryl methyl sites for hydroxylation is 1. The largest absolute Gasteiger partial charge is 0.383 e. The van der Waals surface area contributed by atoms with E-state index in [1.165, 1.54) is 0 Å². The summed E-state index contributed by atoms with van der Waals surface area (Å²) < 4.78 is 0.914. The Hall–Kier alpha value is -2.54. The van der Waals surface area contributed by atoms with Gasteiger partial charge in [0.1, 0.15) is 5.82 Å². The van der Waals surface area contributed by atoms with Gasteiger partial charge in [0, 0.05) is 22.0 Å². The molecule has 0 saturated heterocycles. The van der Waals surface area contributed by atoms with Crippen LogP contribution < -0.4 is 11.5 Å². The monoisotopic (exact) mass is 383 g/mol. The number of carbonyl (C=O) groups excluding carboxylic acids is 1. The molecule has 0 aliphatic heterocycles. The molecule has 120 valence electrons. The Kier molecular flexibility index (Phi) is 3.45. The highest BCUT2D eigenvalue weighted by Gasteiger charge is 2.27. The molecule has 0 amide bonds. The number of rotatable bonds is 1. The van der Waals surface area contributed by atoms with Gasteiger partial charge >= 0.3 is 0 Å². The van der Waals surface area contributed by atoms with E-state index < -0.39 is 0 Å². The maximum absolute atomic E-state index is 12.6. The molecule has 4 N–H and O–H groups in total. The van der Waals surface area contributed by atoms with Crippen LogP contribution in [0, 0.1) is 0 Å². The van der Waals surface area contributed by atoms with Crippen molar-refractivity contribution in [1.82, 2.24) is 15.0 Å². The van der Waals surface area contributed by atoms with Crippen LogP contribution in [0.2, 0.25) is 0 Å². The summed E-state index contributed by atoms with van der Waals surface area (Å²) in [6.07, 6.45) is 2.04. The van der Waals surface area contributed by atoms with E-state index in [-0.39, 0.29) is 17.5 Å². The summed E-state index contributed by atoms with van der Waals surface area (Å²) in [5.41, 5.74) is 15.3. The molecule has 1 aromatic carbocycles. The smallest absolute Gasteiger partial charge is 0.224 e. The average molecular weight is 384 g/mol. The Morgan fingerprint density at radius 3 is 2.67 bits per heavy atom. The van der Waals surface area contributed by atoms with Gasteiger partial charge in [0.05, 0.1) is 11.1 Å². The van der Waals surface area contributed by atoms with Crippen LogP contribution in [0.1, 0.15) is 28.9 Å². The van der Waals surface area contributed by atoms with Crippen molar-refractivity contribution in [2.45, 2.75) is 19.3 Å². The highest BCUT2D eigenvalue weighted by atomic mass is 79.9. The molecule has 0 bridgehead atoms. The number of ketones is 1. The number of Topliss-reactive ketones (excluding diaryl/α,β-unsaturated/α-hetero) is 1. The minimum absolute atomic E-state index is 0.0785. The fraction of sp³-hybridized carbons (Fsp3) is 0.176. The summed E-state index contributed by atoms with van der Waals surface area (Å²) in [5.74, 6) is 0.396. The van der Waals surface area contributed by atoms with E-state index in [1.54, 1.807) is 0 Å². The Morgan fingerprint density at radius 1 is 1.04 bits per heavy atom. The molecule has 0 fully saturated rings. The molecular formula is C17H14BrN5O. The first kappa shape index (κ1) is 15.0. The Bertz CT molecular complexity index is 1000. The van der Waals surface area contributed by atoms with Gasteiger partial charge in [0.2, 0.25) is 5.95 Å². The SMILES string of the molecule is Nc1nc(N)c2c(-c3cccc(Br)c3)c3c(nc2n1)CCCC3=O. The van der Waals surface area contributed by atoms with Crippen LogP contribution in [0.3, 0.4) is 0 Å². The first-order chi connectivity index (χ1) is 11.5. The number of hydrogen-bond acceptors (Lipinski definition) is 6. The van der Waals surface area contributed by atoms with Crippen molar-refractivity contribution in [3.8, 4) is 11.1 Å². The van der Waals surface area contributed by atoms with E-state index in [2.05, 4.69) is 30.9 Å². The first-order valence-electron chi connectivity index (χ1n) is 7.59. The third kappa shape index (κ3) is 2.32. The Labute approximate surface area is 146 Å². The summed E-state index contributed by atoms with van der Waals surface area (Å²) in [7, 11) is 0. The fourth-order valence-electron chi connectivity index (χ4n) is 3.21. The topological polar surface area (TPSA) is 108 Å². The molecule has 0 saturated carbocycles. The maximum atomic E-state index is 12.6. The van der Waals surface area contributed by atoms with Gasteiger partial charge in [-0.3, -0.25) is 4.79 Å². The molecule has 4 rings (SSSR count). The molecule has 2 aromatic heterocycles.